The fourth-order valence-corrected chi connectivity index (χ4v) is 2.20. The van der Waals surface area contributed by atoms with Crippen LogP contribution in [0, 0.1) is 5.92 Å². The van der Waals surface area contributed by atoms with Crippen LogP contribution < -0.4 is 0 Å². The number of aromatic nitrogens is 3. The molecule has 2 aliphatic rings. The molecule has 5 nitrogen and oxygen atoms in total. The molecule has 1 saturated heterocycles. The highest BCUT2D eigenvalue weighted by Crippen LogP contribution is 2.39. The summed E-state index contributed by atoms with van der Waals surface area (Å²) in [5, 5.41) is 8.36. The molecule has 1 amide bonds. The van der Waals surface area contributed by atoms with E-state index in [-0.39, 0.29) is 11.8 Å². The van der Waals surface area contributed by atoms with Crippen LogP contribution in [0.4, 0.5) is 0 Å². The predicted octanol–water partition coefficient (Wildman–Crippen LogP) is 1.19. The second-order valence-electron chi connectivity index (χ2n) is 5.45. The third kappa shape index (κ3) is 1.94. The van der Waals surface area contributed by atoms with Crippen molar-refractivity contribution in [2.24, 2.45) is 5.92 Å². The summed E-state index contributed by atoms with van der Waals surface area (Å²) in [5.74, 6) is 0.981. The molecule has 0 unspecified atom stereocenters. The molecular formula is C12H18N4O. The molecule has 1 aliphatic carbocycles. The van der Waals surface area contributed by atoms with Gasteiger partial charge in [0.25, 0.3) is 0 Å². The first kappa shape index (κ1) is 10.7. The van der Waals surface area contributed by atoms with Gasteiger partial charge in [0, 0.05) is 31.1 Å². The van der Waals surface area contributed by atoms with Gasteiger partial charge in [0.15, 0.2) is 0 Å². The molecule has 1 aromatic rings. The van der Waals surface area contributed by atoms with Crippen LogP contribution in [0.5, 0.6) is 0 Å². The van der Waals surface area contributed by atoms with E-state index in [1.165, 1.54) is 12.8 Å². The van der Waals surface area contributed by atoms with Gasteiger partial charge in [-0.1, -0.05) is 19.1 Å². The highest BCUT2D eigenvalue weighted by molar-refractivity contribution is 5.78. The van der Waals surface area contributed by atoms with Gasteiger partial charge >= 0.3 is 0 Å². The fourth-order valence-electron chi connectivity index (χ4n) is 2.20. The third-order valence-electron chi connectivity index (χ3n) is 3.57. The lowest BCUT2D eigenvalue weighted by molar-refractivity contribution is -0.140. The summed E-state index contributed by atoms with van der Waals surface area (Å²) in [4.78, 5) is 13.6. The number of carbonyl (C=O) groups excluding carboxylic acids is 1. The highest BCUT2D eigenvalue weighted by atomic mass is 16.2. The van der Waals surface area contributed by atoms with Crippen molar-refractivity contribution in [2.45, 2.75) is 38.6 Å². The van der Waals surface area contributed by atoms with Crippen LogP contribution in [0.3, 0.4) is 0 Å². The van der Waals surface area contributed by atoms with Crippen molar-refractivity contribution >= 4 is 5.91 Å². The summed E-state index contributed by atoms with van der Waals surface area (Å²) in [7, 11) is 0. The second kappa shape index (κ2) is 3.82. The third-order valence-corrected chi connectivity index (χ3v) is 3.57. The monoisotopic (exact) mass is 234 g/mol. The number of hydrogen-bond acceptors (Lipinski definition) is 3. The minimum Gasteiger partial charge on any atom is -0.338 e. The first-order valence-electron chi connectivity index (χ1n) is 6.35. The average molecular weight is 234 g/mol. The molecule has 2 heterocycles. The van der Waals surface area contributed by atoms with E-state index in [0.29, 0.717) is 12.0 Å². The first-order valence-corrected chi connectivity index (χ1v) is 6.35. The smallest absolute Gasteiger partial charge is 0.225 e. The molecule has 1 saturated carbocycles. The molecule has 2 fully saturated rings. The Morgan fingerprint density at radius 1 is 1.41 bits per heavy atom. The number of amides is 1. The Balaban J connectivity index is 1.59. The van der Waals surface area contributed by atoms with Crippen molar-refractivity contribution in [3.05, 3.63) is 11.9 Å². The van der Waals surface area contributed by atoms with E-state index in [0.717, 1.165) is 18.8 Å². The van der Waals surface area contributed by atoms with Crippen LogP contribution in [0.1, 0.15) is 44.3 Å². The topological polar surface area (TPSA) is 51.0 Å². The summed E-state index contributed by atoms with van der Waals surface area (Å²) in [5.41, 5.74) is 1.12. The van der Waals surface area contributed by atoms with Crippen LogP contribution in [0.15, 0.2) is 6.20 Å². The Labute approximate surface area is 101 Å². The first-order chi connectivity index (χ1) is 8.15. The minimum absolute atomic E-state index is 0.0914. The fraction of sp³-hybridized carbons (Fsp3) is 0.750. The van der Waals surface area contributed by atoms with Crippen molar-refractivity contribution in [3.8, 4) is 0 Å². The lowest BCUT2D eigenvalue weighted by Gasteiger charge is -2.39. The predicted molar refractivity (Wildman–Crippen MR) is 62.5 cm³/mol. The van der Waals surface area contributed by atoms with Crippen LogP contribution in [0.25, 0.3) is 0 Å². The van der Waals surface area contributed by atoms with Crippen LogP contribution in [0.2, 0.25) is 0 Å². The largest absolute Gasteiger partial charge is 0.338 e. The zero-order valence-corrected chi connectivity index (χ0v) is 10.3. The normalized spacial score (nSPS) is 20.8. The van der Waals surface area contributed by atoms with Gasteiger partial charge in [-0.3, -0.25) is 4.79 Å². The second-order valence-corrected chi connectivity index (χ2v) is 5.45. The van der Waals surface area contributed by atoms with Gasteiger partial charge < -0.3 is 4.90 Å². The van der Waals surface area contributed by atoms with E-state index < -0.39 is 0 Å². The van der Waals surface area contributed by atoms with Gasteiger partial charge in [-0.25, -0.2) is 4.68 Å². The lowest BCUT2D eigenvalue weighted by atomic mass is 10.1. The van der Waals surface area contributed by atoms with Crippen LogP contribution >= 0.6 is 0 Å². The maximum Gasteiger partial charge on any atom is 0.225 e. The Morgan fingerprint density at radius 2 is 2.12 bits per heavy atom. The van der Waals surface area contributed by atoms with E-state index in [1.54, 1.807) is 0 Å². The standard InChI is InChI=1S/C12H18N4O/c1-8(2)12(17)15-5-10(6-15)16-7-11(13-14-16)9-3-4-9/h7-10H,3-6H2,1-2H3. The SMILES string of the molecule is CC(C)C(=O)N1CC(n2cc(C3CC3)nn2)C1. The number of hydrogen-bond donors (Lipinski definition) is 0. The minimum atomic E-state index is 0.0914. The molecule has 0 bridgehead atoms. The van der Waals surface area contributed by atoms with Gasteiger partial charge in [-0.05, 0) is 12.8 Å². The molecule has 0 N–H and O–H groups in total. The summed E-state index contributed by atoms with van der Waals surface area (Å²) in [6, 6.07) is 0.331. The lowest BCUT2D eigenvalue weighted by Crippen LogP contribution is -2.52. The molecule has 3 rings (SSSR count). The maximum absolute atomic E-state index is 11.7. The van der Waals surface area contributed by atoms with Gasteiger partial charge in [0.05, 0.1) is 11.7 Å². The zero-order chi connectivity index (χ0) is 12.0. The van der Waals surface area contributed by atoms with Crippen molar-refractivity contribution in [1.82, 2.24) is 19.9 Å². The Hall–Kier alpha value is -1.39. The molecule has 5 heteroatoms. The van der Waals surface area contributed by atoms with Crippen molar-refractivity contribution in [2.75, 3.05) is 13.1 Å². The number of rotatable bonds is 3. The quantitative estimate of drug-likeness (QED) is 0.789. The zero-order valence-electron chi connectivity index (χ0n) is 10.3. The molecule has 0 radical (unpaired) electrons. The Bertz CT molecular complexity index is 429. The molecule has 1 aliphatic heterocycles. The number of nitrogens with zero attached hydrogens (tertiary/aromatic N) is 4. The van der Waals surface area contributed by atoms with E-state index in [2.05, 4.69) is 16.5 Å². The van der Waals surface area contributed by atoms with Crippen LogP contribution in [-0.2, 0) is 4.79 Å². The van der Waals surface area contributed by atoms with Crippen molar-refractivity contribution in [1.29, 1.82) is 0 Å². The van der Waals surface area contributed by atoms with Crippen molar-refractivity contribution < 1.29 is 4.79 Å². The average Bonchev–Trinajstić information content (AvgIpc) is 2.97. The highest BCUT2D eigenvalue weighted by Gasteiger charge is 2.34. The summed E-state index contributed by atoms with van der Waals surface area (Å²) in [6.45, 7) is 5.45. The molecule has 0 aromatic carbocycles. The Kier molecular flexibility index (Phi) is 2.42. The molecule has 0 spiro atoms. The van der Waals surface area contributed by atoms with E-state index in [9.17, 15) is 4.79 Å². The van der Waals surface area contributed by atoms with E-state index >= 15 is 0 Å². The van der Waals surface area contributed by atoms with Gasteiger partial charge in [0.1, 0.15) is 0 Å². The Morgan fingerprint density at radius 3 is 2.71 bits per heavy atom. The number of carbonyl (C=O) groups is 1. The van der Waals surface area contributed by atoms with E-state index in [4.69, 9.17) is 0 Å². The van der Waals surface area contributed by atoms with Gasteiger partial charge in [-0.2, -0.15) is 0 Å². The maximum atomic E-state index is 11.7. The molecule has 17 heavy (non-hydrogen) atoms. The summed E-state index contributed by atoms with van der Waals surface area (Å²) < 4.78 is 1.93. The van der Waals surface area contributed by atoms with Gasteiger partial charge in [0.2, 0.25) is 5.91 Å². The molecule has 1 aromatic heterocycles. The van der Waals surface area contributed by atoms with Crippen molar-refractivity contribution in [3.63, 3.8) is 0 Å². The van der Waals surface area contributed by atoms with Gasteiger partial charge in [-0.15, -0.1) is 5.10 Å². The number of likely N-dealkylation sites (tertiary alicyclic amines) is 1. The molecule has 0 atom stereocenters. The summed E-state index contributed by atoms with van der Waals surface area (Å²) >= 11 is 0. The summed E-state index contributed by atoms with van der Waals surface area (Å²) in [6.07, 6.45) is 4.56. The van der Waals surface area contributed by atoms with Crippen LogP contribution in [-0.4, -0.2) is 38.9 Å². The molecule has 92 valence electrons. The van der Waals surface area contributed by atoms with E-state index in [1.807, 2.05) is 23.4 Å². The molecular weight excluding hydrogens is 216 g/mol.